The van der Waals surface area contributed by atoms with Crippen LogP contribution in [0.25, 0.3) is 0 Å². The lowest BCUT2D eigenvalue weighted by molar-refractivity contribution is -0.121. The molecule has 1 fully saturated rings. The number of para-hydroxylation sites is 1. The highest BCUT2D eigenvalue weighted by molar-refractivity contribution is 5.76. The molecule has 1 N–H and O–H groups in total. The molecule has 5 heteroatoms. The number of nitrogens with one attached hydrogen (secondary N) is 1. The SMILES string of the molecule is C#CCCC1(CCC(=O)NCc2ccccc2N2CCCCC2)N=N1. The van der Waals surface area contributed by atoms with Gasteiger partial charge in [0.15, 0.2) is 5.66 Å². The number of carbonyl (C=O) groups excluding carboxylic acids is 1. The Kier molecular flexibility index (Phi) is 5.70. The van der Waals surface area contributed by atoms with Crippen LogP contribution in [0.4, 0.5) is 5.69 Å². The fraction of sp³-hybridized carbons (Fsp3) is 0.550. The van der Waals surface area contributed by atoms with Gasteiger partial charge < -0.3 is 10.2 Å². The van der Waals surface area contributed by atoms with Crippen LogP contribution in [0.15, 0.2) is 34.5 Å². The molecule has 0 bridgehead atoms. The molecule has 2 aliphatic rings. The maximum Gasteiger partial charge on any atom is 0.220 e. The topological polar surface area (TPSA) is 57.1 Å². The zero-order valence-corrected chi connectivity index (χ0v) is 14.7. The third-order valence-electron chi connectivity index (χ3n) is 4.97. The van der Waals surface area contributed by atoms with Crippen LogP contribution in [0.3, 0.4) is 0 Å². The average Bonchev–Trinajstić information content (AvgIpc) is 3.44. The molecule has 1 aromatic carbocycles. The van der Waals surface area contributed by atoms with E-state index in [0.29, 0.717) is 25.8 Å². The van der Waals surface area contributed by atoms with Crippen molar-refractivity contribution >= 4 is 11.6 Å². The Bertz CT molecular complexity index is 665. The highest BCUT2D eigenvalue weighted by atomic mass is 16.1. The first-order valence-corrected chi connectivity index (χ1v) is 9.19. The first-order chi connectivity index (χ1) is 12.2. The van der Waals surface area contributed by atoms with E-state index in [9.17, 15) is 4.79 Å². The highest BCUT2D eigenvalue weighted by Gasteiger charge is 2.39. The van der Waals surface area contributed by atoms with Crippen LogP contribution in [0.5, 0.6) is 0 Å². The fourth-order valence-electron chi connectivity index (χ4n) is 3.37. The van der Waals surface area contributed by atoms with E-state index in [1.807, 2.05) is 6.07 Å². The third-order valence-corrected chi connectivity index (χ3v) is 4.97. The molecule has 1 saturated heterocycles. The minimum atomic E-state index is -0.380. The summed E-state index contributed by atoms with van der Waals surface area (Å²) < 4.78 is 0. The Morgan fingerprint density at radius 1 is 1.20 bits per heavy atom. The zero-order chi connectivity index (χ0) is 17.5. The van der Waals surface area contributed by atoms with Crippen LogP contribution in [-0.2, 0) is 11.3 Å². The van der Waals surface area contributed by atoms with Gasteiger partial charge in [0.05, 0.1) is 0 Å². The molecule has 3 rings (SSSR count). The summed E-state index contributed by atoms with van der Waals surface area (Å²) >= 11 is 0. The molecule has 1 aromatic rings. The maximum atomic E-state index is 12.2. The number of nitrogens with zero attached hydrogens (tertiary/aromatic N) is 3. The van der Waals surface area contributed by atoms with Crippen molar-refractivity contribution in [3.8, 4) is 12.3 Å². The van der Waals surface area contributed by atoms with Crippen molar-refractivity contribution in [3.05, 3.63) is 29.8 Å². The van der Waals surface area contributed by atoms with E-state index in [1.54, 1.807) is 0 Å². The molecule has 5 nitrogen and oxygen atoms in total. The second-order valence-corrected chi connectivity index (χ2v) is 6.84. The normalized spacial score (nSPS) is 17.8. The summed E-state index contributed by atoms with van der Waals surface area (Å²) in [6.45, 7) is 2.77. The van der Waals surface area contributed by atoms with Crippen molar-refractivity contribution in [1.29, 1.82) is 0 Å². The van der Waals surface area contributed by atoms with E-state index in [2.05, 4.69) is 44.6 Å². The Hall–Kier alpha value is -2.35. The largest absolute Gasteiger partial charge is 0.371 e. The van der Waals surface area contributed by atoms with Gasteiger partial charge in [-0.3, -0.25) is 4.79 Å². The molecule has 0 aliphatic carbocycles. The van der Waals surface area contributed by atoms with Crippen LogP contribution in [-0.4, -0.2) is 24.7 Å². The summed E-state index contributed by atoms with van der Waals surface area (Å²) in [6, 6.07) is 8.36. The molecule has 0 atom stereocenters. The number of hydrogen-bond donors (Lipinski definition) is 1. The number of rotatable bonds is 8. The molecule has 1 amide bonds. The number of anilines is 1. The molecule has 132 valence electrons. The van der Waals surface area contributed by atoms with Gasteiger partial charge in [0.25, 0.3) is 0 Å². The van der Waals surface area contributed by atoms with Crippen LogP contribution >= 0.6 is 0 Å². The summed E-state index contributed by atoms with van der Waals surface area (Å²) in [5.41, 5.74) is 2.05. The Labute approximate surface area is 149 Å². The van der Waals surface area contributed by atoms with E-state index in [-0.39, 0.29) is 11.6 Å². The molecule has 0 radical (unpaired) electrons. The molecular formula is C20H26N4O. The van der Waals surface area contributed by atoms with Crippen molar-refractivity contribution in [2.24, 2.45) is 10.2 Å². The molecule has 0 saturated carbocycles. The summed E-state index contributed by atoms with van der Waals surface area (Å²) in [6.07, 6.45) is 11.6. The smallest absolute Gasteiger partial charge is 0.220 e. The van der Waals surface area contributed by atoms with Crippen LogP contribution in [0.2, 0.25) is 0 Å². The number of piperidine rings is 1. The van der Waals surface area contributed by atoms with Crippen LogP contribution in [0.1, 0.15) is 50.5 Å². The van der Waals surface area contributed by atoms with E-state index >= 15 is 0 Å². The van der Waals surface area contributed by atoms with Crippen molar-refractivity contribution in [2.75, 3.05) is 18.0 Å². The second-order valence-electron chi connectivity index (χ2n) is 6.84. The summed E-state index contributed by atoms with van der Waals surface area (Å²) in [5, 5.41) is 11.2. The first kappa shape index (κ1) is 17.5. The molecule has 0 spiro atoms. The van der Waals surface area contributed by atoms with Gasteiger partial charge in [0.2, 0.25) is 5.91 Å². The molecule has 2 aliphatic heterocycles. The molecule has 2 heterocycles. The van der Waals surface area contributed by atoms with Gasteiger partial charge >= 0.3 is 0 Å². The summed E-state index contributed by atoms with van der Waals surface area (Å²) in [7, 11) is 0. The first-order valence-electron chi connectivity index (χ1n) is 9.19. The second kappa shape index (κ2) is 8.15. The molecule has 0 unspecified atom stereocenters. The van der Waals surface area contributed by atoms with Crippen LogP contribution in [0, 0.1) is 12.3 Å². The van der Waals surface area contributed by atoms with Gasteiger partial charge in [-0.1, -0.05) is 18.2 Å². The monoisotopic (exact) mass is 338 g/mol. The van der Waals surface area contributed by atoms with Crippen molar-refractivity contribution < 1.29 is 4.79 Å². The van der Waals surface area contributed by atoms with Crippen LogP contribution < -0.4 is 10.2 Å². The van der Waals surface area contributed by atoms with E-state index in [0.717, 1.165) is 19.5 Å². The molecule has 0 aromatic heterocycles. The Balaban J connectivity index is 1.48. The quantitative estimate of drug-likeness (QED) is 0.736. The lowest BCUT2D eigenvalue weighted by Crippen LogP contribution is -2.31. The van der Waals surface area contributed by atoms with Gasteiger partial charge in [-0.15, -0.1) is 12.3 Å². The Morgan fingerprint density at radius 2 is 1.96 bits per heavy atom. The van der Waals surface area contributed by atoms with E-state index in [1.165, 1.54) is 30.5 Å². The Morgan fingerprint density at radius 3 is 2.68 bits per heavy atom. The predicted molar refractivity (Wildman–Crippen MR) is 99.2 cm³/mol. The summed E-state index contributed by atoms with van der Waals surface area (Å²) in [4.78, 5) is 14.6. The lowest BCUT2D eigenvalue weighted by atomic mass is 10.0. The number of terminal acetylenes is 1. The fourth-order valence-corrected chi connectivity index (χ4v) is 3.37. The van der Waals surface area contributed by atoms with Gasteiger partial charge in [-0.25, -0.2) is 0 Å². The average molecular weight is 338 g/mol. The zero-order valence-electron chi connectivity index (χ0n) is 14.7. The molecular weight excluding hydrogens is 312 g/mol. The third kappa shape index (κ3) is 4.82. The standard InChI is InChI=1S/C20H26N4O/c1-2-3-12-20(22-23-20)13-11-19(25)21-16-17-9-5-6-10-18(17)24-14-7-4-8-15-24/h1,5-6,9-10H,3-4,7-8,11-16H2,(H,21,25). The predicted octanol–water partition coefficient (Wildman–Crippen LogP) is 3.65. The summed E-state index contributed by atoms with van der Waals surface area (Å²) in [5.74, 6) is 2.66. The van der Waals surface area contributed by atoms with Gasteiger partial charge in [0, 0.05) is 51.0 Å². The van der Waals surface area contributed by atoms with Gasteiger partial charge in [0.1, 0.15) is 0 Å². The number of benzene rings is 1. The number of hydrogen-bond acceptors (Lipinski definition) is 4. The minimum absolute atomic E-state index is 0.0471. The van der Waals surface area contributed by atoms with Crippen molar-refractivity contribution in [3.63, 3.8) is 0 Å². The van der Waals surface area contributed by atoms with E-state index < -0.39 is 0 Å². The maximum absolute atomic E-state index is 12.2. The number of amides is 1. The lowest BCUT2D eigenvalue weighted by Gasteiger charge is -2.30. The van der Waals surface area contributed by atoms with Gasteiger partial charge in [-0.2, -0.15) is 10.2 Å². The highest BCUT2D eigenvalue weighted by Crippen LogP contribution is 2.37. The van der Waals surface area contributed by atoms with Gasteiger partial charge in [-0.05, 0) is 30.9 Å². The minimum Gasteiger partial charge on any atom is -0.371 e. The molecule has 25 heavy (non-hydrogen) atoms. The van der Waals surface area contributed by atoms with Crippen molar-refractivity contribution in [2.45, 2.75) is 57.2 Å². The number of carbonyl (C=O) groups is 1. The van der Waals surface area contributed by atoms with Crippen molar-refractivity contribution in [1.82, 2.24) is 5.32 Å². The van der Waals surface area contributed by atoms with E-state index in [4.69, 9.17) is 6.42 Å².